The molecule has 0 unspecified atom stereocenters. The average molecular weight is 260 g/mol. The van der Waals surface area contributed by atoms with E-state index in [1.165, 1.54) is 0 Å². The molecule has 82 valence electrons. The first-order chi connectivity index (χ1) is 2.83. The summed E-state index contributed by atoms with van der Waals surface area (Å²) in [7, 11) is 0. The molecular formula is C10H28OTi2. The molecule has 0 spiro atoms. The molecule has 0 atom stereocenters. The predicted molar refractivity (Wildman–Crippen MR) is 60.6 cm³/mol. The van der Waals surface area contributed by atoms with Gasteiger partial charge in [0.05, 0.1) is 0 Å². The van der Waals surface area contributed by atoms with E-state index >= 15 is 0 Å². The Morgan fingerprint density at radius 1 is 0.538 bits per heavy atom. The molecule has 0 aromatic carbocycles. The third-order valence-corrected chi connectivity index (χ3v) is 0. The van der Waals surface area contributed by atoms with Crippen LogP contribution < -0.4 is 0 Å². The van der Waals surface area contributed by atoms with Crippen LogP contribution in [0.5, 0.6) is 0 Å². The van der Waals surface area contributed by atoms with Crippen molar-refractivity contribution in [3.63, 3.8) is 0 Å². The van der Waals surface area contributed by atoms with E-state index in [9.17, 15) is 0 Å². The van der Waals surface area contributed by atoms with Gasteiger partial charge in [0.2, 0.25) is 0 Å². The monoisotopic (exact) mass is 260 g/mol. The zero-order valence-corrected chi connectivity index (χ0v) is 13.8. The summed E-state index contributed by atoms with van der Waals surface area (Å²) in [6, 6.07) is 0. The standard InChI is InChI=1S/2C3H7.4CH3.H2O.2Ti/c2*1-3-2;;;;;;;/h2*3H,1-2H3;4*1H3;1H2;;/q6*-1;;2*+3. The van der Waals surface area contributed by atoms with Crippen LogP contribution >= 0.6 is 0 Å². The van der Waals surface area contributed by atoms with Gasteiger partial charge in [-0.15, -0.1) is 0 Å². The number of hydrogen-bond acceptors (Lipinski definition) is 0. The second-order valence-corrected chi connectivity index (χ2v) is 1.15. The van der Waals surface area contributed by atoms with Gasteiger partial charge in [-0.25, -0.2) is 0 Å². The van der Waals surface area contributed by atoms with Gasteiger partial charge in [0.15, 0.2) is 0 Å². The third kappa shape index (κ3) is 901. The molecule has 13 heavy (non-hydrogen) atoms. The van der Waals surface area contributed by atoms with Crippen molar-refractivity contribution in [3.8, 4) is 0 Å². The topological polar surface area (TPSA) is 31.5 Å². The zero-order chi connectivity index (χ0) is 5.41. The molecule has 0 bridgehead atoms. The Bertz CT molecular complexity index is 14.9. The maximum atomic E-state index is 2.00. The van der Waals surface area contributed by atoms with E-state index in [-0.39, 0.29) is 78.6 Å². The van der Waals surface area contributed by atoms with Crippen molar-refractivity contribution >= 4 is 0 Å². The molecule has 0 saturated carbocycles. The quantitative estimate of drug-likeness (QED) is 0.472. The van der Waals surface area contributed by atoms with Gasteiger partial charge in [0.25, 0.3) is 0 Å². The van der Waals surface area contributed by atoms with Crippen molar-refractivity contribution in [2.45, 2.75) is 27.7 Å². The van der Waals surface area contributed by atoms with E-state index in [0.29, 0.717) is 0 Å². The van der Waals surface area contributed by atoms with Crippen LogP contribution in [0, 0.1) is 42.5 Å². The molecule has 0 amide bonds. The second-order valence-electron chi connectivity index (χ2n) is 1.15. The molecule has 2 N–H and O–H groups in total. The van der Waals surface area contributed by atoms with Crippen LogP contribution in [-0.2, 0) is 43.4 Å². The van der Waals surface area contributed by atoms with Crippen LogP contribution in [0.15, 0.2) is 0 Å². The van der Waals surface area contributed by atoms with Gasteiger partial charge in [-0.1, -0.05) is 0 Å². The Balaban J connectivity index is -0.00000000229. The largest absolute Gasteiger partial charge is 3.00 e. The Hall–Kier alpha value is 1.39. The van der Waals surface area contributed by atoms with E-state index in [2.05, 4.69) is 0 Å². The first kappa shape index (κ1) is 88.8. The van der Waals surface area contributed by atoms with E-state index in [1.54, 1.807) is 0 Å². The summed E-state index contributed by atoms with van der Waals surface area (Å²) < 4.78 is 0. The zero-order valence-electron chi connectivity index (χ0n) is 10.7. The van der Waals surface area contributed by atoms with Crippen molar-refractivity contribution in [1.82, 2.24) is 0 Å². The van der Waals surface area contributed by atoms with E-state index < -0.39 is 0 Å². The van der Waals surface area contributed by atoms with E-state index in [4.69, 9.17) is 0 Å². The van der Waals surface area contributed by atoms with Crippen LogP contribution in [0.3, 0.4) is 0 Å². The molecule has 0 aromatic rings. The smallest absolute Gasteiger partial charge is 0.412 e. The van der Waals surface area contributed by atoms with Gasteiger partial charge in [-0.3, -0.25) is 0 Å². The van der Waals surface area contributed by atoms with E-state index in [1.807, 2.05) is 40.5 Å². The summed E-state index contributed by atoms with van der Waals surface area (Å²) in [6.07, 6.45) is 4.00. The molecule has 0 heterocycles. The van der Waals surface area contributed by atoms with Gasteiger partial charge < -0.3 is 48.0 Å². The predicted octanol–water partition coefficient (Wildman–Crippen LogP) is 3.43. The minimum Gasteiger partial charge on any atom is -0.412 e. The SMILES string of the molecule is C[CH-]C.C[CH-]C.O.[CH3-].[CH3-].[CH3-].[CH3-].[Ti+3].[Ti+3]. The Morgan fingerprint density at radius 2 is 0.538 bits per heavy atom. The molecule has 0 fully saturated rings. The summed E-state index contributed by atoms with van der Waals surface area (Å²) in [6.45, 7) is 8.00. The van der Waals surface area contributed by atoms with Crippen molar-refractivity contribution in [3.05, 3.63) is 42.5 Å². The number of hydrogen-bond donors (Lipinski definition) is 0. The molecule has 3 heteroatoms. The molecule has 0 saturated heterocycles. The van der Waals surface area contributed by atoms with Crippen molar-refractivity contribution in [2.24, 2.45) is 0 Å². The number of rotatable bonds is 0. The Labute approximate surface area is 119 Å². The fourth-order valence-electron chi connectivity index (χ4n) is 0. The van der Waals surface area contributed by atoms with Gasteiger partial charge in [-0.2, -0.15) is 27.7 Å². The first-order valence-corrected chi connectivity index (χ1v) is 2.31. The molecule has 0 aliphatic heterocycles. The van der Waals surface area contributed by atoms with Crippen molar-refractivity contribution < 1.29 is 48.9 Å². The third-order valence-electron chi connectivity index (χ3n) is 0. The van der Waals surface area contributed by atoms with Crippen LogP contribution in [0.25, 0.3) is 0 Å². The Morgan fingerprint density at radius 3 is 0.538 bits per heavy atom. The fraction of sp³-hybridized carbons (Fsp3) is 0.400. The minimum absolute atomic E-state index is 0. The summed E-state index contributed by atoms with van der Waals surface area (Å²) in [4.78, 5) is 0. The van der Waals surface area contributed by atoms with Crippen LogP contribution in [0.1, 0.15) is 27.7 Å². The van der Waals surface area contributed by atoms with Gasteiger partial charge >= 0.3 is 43.4 Å². The van der Waals surface area contributed by atoms with Crippen LogP contribution in [0.4, 0.5) is 0 Å². The average Bonchev–Trinajstić information content (AvgIpc) is 1.39. The van der Waals surface area contributed by atoms with Crippen LogP contribution in [0.2, 0.25) is 0 Å². The summed E-state index contributed by atoms with van der Waals surface area (Å²) in [5.41, 5.74) is 0. The minimum atomic E-state index is 0. The molecule has 0 aromatic heterocycles. The van der Waals surface area contributed by atoms with Crippen LogP contribution in [-0.4, -0.2) is 5.48 Å². The molecule has 1 nitrogen and oxygen atoms in total. The summed E-state index contributed by atoms with van der Waals surface area (Å²) in [5, 5.41) is 0. The first-order valence-electron chi connectivity index (χ1n) is 2.31. The molecule has 0 aliphatic rings. The second kappa shape index (κ2) is 179. The molecule has 0 aliphatic carbocycles. The maximum absolute atomic E-state index is 2.00. The summed E-state index contributed by atoms with van der Waals surface area (Å²) >= 11 is 0. The normalized spacial score (nSPS) is 2.77. The Kier molecular flexibility index (Phi) is 1220. The molecular weight excluding hydrogens is 232 g/mol. The molecule has 2 radical (unpaired) electrons. The van der Waals surface area contributed by atoms with Crippen molar-refractivity contribution in [1.29, 1.82) is 0 Å². The maximum Gasteiger partial charge on any atom is 3.00 e. The summed E-state index contributed by atoms with van der Waals surface area (Å²) in [5.74, 6) is 0. The van der Waals surface area contributed by atoms with Gasteiger partial charge in [-0.05, 0) is 0 Å². The van der Waals surface area contributed by atoms with Crippen molar-refractivity contribution in [2.75, 3.05) is 0 Å². The van der Waals surface area contributed by atoms with E-state index in [0.717, 1.165) is 0 Å². The van der Waals surface area contributed by atoms with Gasteiger partial charge in [0, 0.05) is 0 Å². The van der Waals surface area contributed by atoms with Gasteiger partial charge in [0.1, 0.15) is 0 Å². The fourth-order valence-corrected chi connectivity index (χ4v) is 0. The molecule has 0 rings (SSSR count).